The van der Waals surface area contributed by atoms with E-state index in [1.54, 1.807) is 13.8 Å². The Kier molecular flexibility index (Phi) is 4.66. The van der Waals surface area contributed by atoms with Crippen molar-refractivity contribution in [2.45, 2.75) is 70.1 Å². The smallest absolute Gasteiger partial charge is 0.306 e. The van der Waals surface area contributed by atoms with Crippen molar-refractivity contribution >= 4 is 5.97 Å². The highest BCUT2D eigenvalue weighted by Crippen LogP contribution is 2.39. The van der Waals surface area contributed by atoms with E-state index in [0.717, 1.165) is 0 Å². The second-order valence-electron chi connectivity index (χ2n) is 5.52. The molecular formula is C13H22O7. The summed E-state index contributed by atoms with van der Waals surface area (Å²) in [7, 11) is 0. The van der Waals surface area contributed by atoms with E-state index in [0.29, 0.717) is 6.42 Å². The van der Waals surface area contributed by atoms with Crippen LogP contribution in [-0.4, -0.2) is 59.3 Å². The summed E-state index contributed by atoms with van der Waals surface area (Å²) in [5.74, 6) is -1.22. The largest absolute Gasteiger partial charge is 0.456 e. The number of rotatable bonds is 5. The van der Waals surface area contributed by atoms with Gasteiger partial charge < -0.3 is 29.2 Å². The van der Waals surface area contributed by atoms with Gasteiger partial charge in [-0.05, 0) is 20.3 Å². The zero-order valence-corrected chi connectivity index (χ0v) is 11.9. The number of carbonyl (C=O) groups is 1. The monoisotopic (exact) mass is 290 g/mol. The Hall–Kier alpha value is -0.730. The van der Waals surface area contributed by atoms with Crippen LogP contribution in [0.1, 0.15) is 33.6 Å². The summed E-state index contributed by atoms with van der Waals surface area (Å²) in [4.78, 5) is 11.7. The second-order valence-corrected chi connectivity index (χ2v) is 5.52. The van der Waals surface area contributed by atoms with E-state index < -0.39 is 43.1 Å². The molecule has 7 nitrogen and oxygen atoms in total. The lowest BCUT2D eigenvalue weighted by molar-refractivity contribution is -0.231. The highest BCUT2D eigenvalue weighted by atomic mass is 16.8. The molecule has 2 saturated heterocycles. The number of aliphatic hydroxyl groups excluding tert-OH is 2. The molecule has 2 aliphatic rings. The van der Waals surface area contributed by atoms with Crippen LogP contribution >= 0.6 is 0 Å². The van der Waals surface area contributed by atoms with Gasteiger partial charge in [-0.1, -0.05) is 6.92 Å². The fourth-order valence-corrected chi connectivity index (χ4v) is 2.47. The molecule has 2 heterocycles. The first-order chi connectivity index (χ1) is 9.38. The molecule has 0 saturated carbocycles. The van der Waals surface area contributed by atoms with Gasteiger partial charge >= 0.3 is 5.97 Å². The third kappa shape index (κ3) is 3.12. The van der Waals surface area contributed by atoms with Gasteiger partial charge in [-0.3, -0.25) is 4.79 Å². The second kappa shape index (κ2) is 5.95. The van der Waals surface area contributed by atoms with E-state index in [-0.39, 0.29) is 12.4 Å². The van der Waals surface area contributed by atoms with Gasteiger partial charge in [0.25, 0.3) is 0 Å². The SMILES string of the molecule is CCCC(=O)O[C@H]1[C@@H]2OC(C)(C)O[C@@H]2O[C@H]1[C@@H](O)CO. The van der Waals surface area contributed by atoms with E-state index in [9.17, 15) is 9.90 Å². The van der Waals surface area contributed by atoms with Crippen molar-refractivity contribution in [2.75, 3.05) is 6.61 Å². The van der Waals surface area contributed by atoms with Crippen molar-refractivity contribution in [2.24, 2.45) is 0 Å². The number of hydrogen-bond acceptors (Lipinski definition) is 7. The Morgan fingerprint density at radius 2 is 2.10 bits per heavy atom. The van der Waals surface area contributed by atoms with E-state index in [4.69, 9.17) is 24.1 Å². The molecule has 116 valence electrons. The summed E-state index contributed by atoms with van der Waals surface area (Å²) >= 11 is 0. The van der Waals surface area contributed by atoms with Crippen molar-refractivity contribution in [1.29, 1.82) is 0 Å². The van der Waals surface area contributed by atoms with Gasteiger partial charge in [-0.2, -0.15) is 0 Å². The fraction of sp³-hybridized carbons (Fsp3) is 0.923. The standard InChI is InChI=1S/C13H22O7/c1-4-5-8(16)17-10-9(7(15)6-14)18-12-11(10)19-13(2,3)20-12/h7,9-12,14-15H,4-6H2,1-3H3/t7-,9-,10+,11-,12-/m0/s1. The minimum absolute atomic E-state index is 0.278. The van der Waals surface area contributed by atoms with Crippen LogP contribution in [-0.2, 0) is 23.7 Å². The van der Waals surface area contributed by atoms with Gasteiger partial charge in [0.2, 0.25) is 0 Å². The van der Waals surface area contributed by atoms with E-state index in [1.165, 1.54) is 0 Å². The highest BCUT2D eigenvalue weighted by molar-refractivity contribution is 5.69. The average Bonchev–Trinajstić information content (AvgIpc) is 2.82. The van der Waals surface area contributed by atoms with Crippen LogP contribution in [0.2, 0.25) is 0 Å². The van der Waals surface area contributed by atoms with Crippen LogP contribution in [0, 0.1) is 0 Å². The minimum atomic E-state index is -1.16. The first kappa shape index (κ1) is 15.7. The molecule has 0 aromatic carbocycles. The van der Waals surface area contributed by atoms with E-state index in [2.05, 4.69) is 0 Å². The van der Waals surface area contributed by atoms with Crippen LogP contribution < -0.4 is 0 Å². The Bertz CT molecular complexity index is 357. The predicted molar refractivity (Wildman–Crippen MR) is 66.6 cm³/mol. The molecule has 0 radical (unpaired) electrons. The summed E-state index contributed by atoms with van der Waals surface area (Å²) in [6, 6.07) is 0. The maximum Gasteiger partial charge on any atom is 0.306 e. The summed E-state index contributed by atoms with van der Waals surface area (Å²) < 4.78 is 22.1. The third-order valence-electron chi connectivity index (χ3n) is 3.31. The topological polar surface area (TPSA) is 94.5 Å². The summed E-state index contributed by atoms with van der Waals surface area (Å²) in [6.45, 7) is 4.84. The zero-order valence-electron chi connectivity index (χ0n) is 11.9. The molecular weight excluding hydrogens is 268 g/mol. The van der Waals surface area contributed by atoms with Gasteiger partial charge in [0.05, 0.1) is 6.61 Å². The van der Waals surface area contributed by atoms with Crippen molar-refractivity contribution in [1.82, 2.24) is 0 Å². The van der Waals surface area contributed by atoms with Crippen molar-refractivity contribution in [3.05, 3.63) is 0 Å². The number of ether oxygens (including phenoxy) is 4. The van der Waals surface area contributed by atoms with Crippen LogP contribution in [0.5, 0.6) is 0 Å². The summed E-state index contributed by atoms with van der Waals surface area (Å²) in [6.07, 6.45) is -3.17. The van der Waals surface area contributed by atoms with Gasteiger partial charge in [0, 0.05) is 6.42 Å². The van der Waals surface area contributed by atoms with Gasteiger partial charge in [0.1, 0.15) is 12.2 Å². The van der Waals surface area contributed by atoms with Crippen molar-refractivity contribution in [3.8, 4) is 0 Å². The molecule has 0 aliphatic carbocycles. The van der Waals surface area contributed by atoms with Gasteiger partial charge in [-0.15, -0.1) is 0 Å². The number of aliphatic hydroxyl groups is 2. The Balaban J connectivity index is 2.10. The maximum absolute atomic E-state index is 11.7. The molecule has 0 unspecified atom stereocenters. The molecule has 2 rings (SSSR count). The molecule has 7 heteroatoms. The predicted octanol–water partition coefficient (Wildman–Crippen LogP) is -0.0721. The first-order valence-electron chi connectivity index (χ1n) is 6.87. The van der Waals surface area contributed by atoms with Gasteiger partial charge in [-0.25, -0.2) is 0 Å². The molecule has 0 spiro atoms. The van der Waals surface area contributed by atoms with E-state index in [1.807, 2.05) is 6.92 Å². The lowest BCUT2D eigenvalue weighted by atomic mass is 10.1. The fourth-order valence-electron chi connectivity index (χ4n) is 2.47. The van der Waals surface area contributed by atoms with Crippen molar-refractivity contribution < 1.29 is 34.0 Å². The number of carbonyl (C=O) groups excluding carboxylic acids is 1. The Morgan fingerprint density at radius 1 is 1.40 bits per heavy atom. The number of hydrogen-bond donors (Lipinski definition) is 2. The molecule has 2 fully saturated rings. The van der Waals surface area contributed by atoms with Crippen molar-refractivity contribution in [3.63, 3.8) is 0 Å². The Labute approximate surface area is 117 Å². The van der Waals surface area contributed by atoms with Crippen LogP contribution in [0.25, 0.3) is 0 Å². The molecule has 0 aromatic rings. The highest BCUT2D eigenvalue weighted by Gasteiger charge is 2.58. The molecule has 20 heavy (non-hydrogen) atoms. The molecule has 2 N–H and O–H groups in total. The molecule has 0 aromatic heterocycles. The van der Waals surface area contributed by atoms with E-state index >= 15 is 0 Å². The van der Waals surface area contributed by atoms with Gasteiger partial charge in [0.15, 0.2) is 24.3 Å². The number of esters is 1. The zero-order chi connectivity index (χ0) is 14.9. The number of fused-ring (bicyclic) bond motifs is 1. The molecule has 5 atom stereocenters. The molecule has 0 amide bonds. The first-order valence-corrected chi connectivity index (χ1v) is 6.87. The van der Waals surface area contributed by atoms with Crippen LogP contribution in [0.3, 0.4) is 0 Å². The quantitative estimate of drug-likeness (QED) is 0.684. The lowest BCUT2D eigenvalue weighted by Crippen LogP contribution is -2.45. The third-order valence-corrected chi connectivity index (χ3v) is 3.31. The lowest BCUT2D eigenvalue weighted by Gasteiger charge is -2.27. The maximum atomic E-state index is 11.7. The normalized spacial score (nSPS) is 36.6. The minimum Gasteiger partial charge on any atom is -0.456 e. The Morgan fingerprint density at radius 3 is 2.70 bits per heavy atom. The van der Waals surface area contributed by atoms with Crippen LogP contribution in [0.4, 0.5) is 0 Å². The molecule has 0 bridgehead atoms. The summed E-state index contributed by atoms with van der Waals surface area (Å²) in [5.41, 5.74) is 0. The summed E-state index contributed by atoms with van der Waals surface area (Å²) in [5, 5.41) is 18.8. The average molecular weight is 290 g/mol. The molecule has 2 aliphatic heterocycles. The van der Waals surface area contributed by atoms with Crippen LogP contribution in [0.15, 0.2) is 0 Å².